The van der Waals surface area contributed by atoms with Crippen LogP contribution in [0.25, 0.3) is 0 Å². The highest BCUT2D eigenvalue weighted by Crippen LogP contribution is 2.09. The van der Waals surface area contributed by atoms with Crippen LogP contribution in [0.2, 0.25) is 0 Å². The summed E-state index contributed by atoms with van der Waals surface area (Å²) in [5.41, 5.74) is 0.401. The lowest BCUT2D eigenvalue weighted by molar-refractivity contribution is 0.0929. The molecule has 1 aliphatic rings. The molecule has 1 aromatic heterocycles. The summed E-state index contributed by atoms with van der Waals surface area (Å²) in [7, 11) is 0. The molecule has 1 amide bonds. The van der Waals surface area contributed by atoms with Gasteiger partial charge in [0.1, 0.15) is 5.75 Å². The van der Waals surface area contributed by atoms with Crippen LogP contribution in [0.15, 0.2) is 18.5 Å². The van der Waals surface area contributed by atoms with Crippen molar-refractivity contribution in [3.63, 3.8) is 0 Å². The summed E-state index contributed by atoms with van der Waals surface area (Å²) in [6, 6.07) is 1.64. The molecule has 1 saturated heterocycles. The molecule has 3 N–H and O–H groups in total. The van der Waals surface area contributed by atoms with Crippen molar-refractivity contribution in [1.29, 1.82) is 0 Å². The molecule has 2 heterocycles. The Bertz CT molecular complexity index is 375. The molecule has 5 heteroatoms. The van der Waals surface area contributed by atoms with E-state index in [0.29, 0.717) is 5.56 Å². The predicted octanol–water partition coefficient (Wildman–Crippen LogP) is 0.269. The van der Waals surface area contributed by atoms with Crippen molar-refractivity contribution < 1.29 is 9.90 Å². The molecule has 0 radical (unpaired) electrons. The fourth-order valence-corrected chi connectivity index (χ4v) is 1.79. The Kier molecular flexibility index (Phi) is 3.36. The summed E-state index contributed by atoms with van der Waals surface area (Å²) >= 11 is 0. The lowest BCUT2D eigenvalue weighted by Crippen LogP contribution is -2.42. The number of aromatic nitrogens is 1. The highest BCUT2D eigenvalue weighted by atomic mass is 16.3. The summed E-state index contributed by atoms with van der Waals surface area (Å²) < 4.78 is 0. The zero-order valence-electron chi connectivity index (χ0n) is 8.94. The van der Waals surface area contributed by atoms with E-state index in [-0.39, 0.29) is 17.7 Å². The zero-order chi connectivity index (χ0) is 11.4. The van der Waals surface area contributed by atoms with Gasteiger partial charge in [0, 0.05) is 12.2 Å². The summed E-state index contributed by atoms with van der Waals surface area (Å²) in [4.78, 5) is 15.6. The summed E-state index contributed by atoms with van der Waals surface area (Å²) in [5, 5.41) is 15.4. The first kappa shape index (κ1) is 10.9. The second-order valence-corrected chi connectivity index (χ2v) is 3.93. The van der Waals surface area contributed by atoms with Crippen molar-refractivity contribution >= 4 is 5.91 Å². The Hall–Kier alpha value is -1.62. The quantitative estimate of drug-likeness (QED) is 0.670. The summed E-state index contributed by atoms with van der Waals surface area (Å²) in [6.07, 6.45) is 4.65. The van der Waals surface area contributed by atoms with E-state index in [1.54, 1.807) is 0 Å². The van der Waals surface area contributed by atoms with Gasteiger partial charge < -0.3 is 15.7 Å². The van der Waals surface area contributed by atoms with E-state index in [4.69, 9.17) is 0 Å². The first-order valence-corrected chi connectivity index (χ1v) is 5.41. The van der Waals surface area contributed by atoms with Crippen molar-refractivity contribution in [2.75, 3.05) is 13.1 Å². The van der Waals surface area contributed by atoms with E-state index in [1.165, 1.54) is 18.5 Å². The second-order valence-electron chi connectivity index (χ2n) is 3.93. The van der Waals surface area contributed by atoms with E-state index >= 15 is 0 Å². The number of pyridine rings is 1. The van der Waals surface area contributed by atoms with Gasteiger partial charge in [-0.05, 0) is 32.0 Å². The number of hydrogen-bond acceptors (Lipinski definition) is 4. The van der Waals surface area contributed by atoms with Crippen molar-refractivity contribution in [2.45, 2.75) is 18.9 Å². The molecule has 0 atom stereocenters. The first-order valence-electron chi connectivity index (χ1n) is 5.41. The Morgan fingerprint density at radius 2 is 2.19 bits per heavy atom. The maximum absolute atomic E-state index is 11.8. The molecule has 1 fully saturated rings. The zero-order valence-corrected chi connectivity index (χ0v) is 8.94. The Morgan fingerprint density at radius 1 is 1.44 bits per heavy atom. The number of piperidine rings is 1. The molecule has 0 aromatic carbocycles. The third-order valence-corrected chi connectivity index (χ3v) is 2.66. The minimum atomic E-state index is -0.171. The number of amides is 1. The highest BCUT2D eigenvalue weighted by molar-refractivity contribution is 5.94. The van der Waals surface area contributed by atoms with E-state index in [0.717, 1.165) is 25.9 Å². The molecule has 0 unspecified atom stereocenters. The van der Waals surface area contributed by atoms with E-state index < -0.39 is 0 Å². The lowest BCUT2D eigenvalue weighted by Gasteiger charge is -2.23. The normalized spacial score (nSPS) is 17.0. The number of carbonyl (C=O) groups excluding carboxylic acids is 1. The molecule has 1 aromatic rings. The monoisotopic (exact) mass is 221 g/mol. The minimum absolute atomic E-state index is 0.0120. The van der Waals surface area contributed by atoms with Gasteiger partial charge in [0.25, 0.3) is 5.91 Å². The first-order chi connectivity index (χ1) is 7.75. The minimum Gasteiger partial charge on any atom is -0.506 e. The van der Waals surface area contributed by atoms with Gasteiger partial charge in [0.15, 0.2) is 0 Å². The molecule has 86 valence electrons. The Balaban J connectivity index is 1.97. The third kappa shape index (κ3) is 2.70. The molecule has 1 aliphatic heterocycles. The number of carbonyl (C=O) groups is 1. The van der Waals surface area contributed by atoms with Gasteiger partial charge in [0.2, 0.25) is 0 Å². The number of hydrogen-bond donors (Lipinski definition) is 3. The van der Waals surface area contributed by atoms with E-state index in [2.05, 4.69) is 15.6 Å². The van der Waals surface area contributed by atoms with Crippen LogP contribution in [0.3, 0.4) is 0 Å². The fourth-order valence-electron chi connectivity index (χ4n) is 1.79. The SMILES string of the molecule is O=C(NC1CCNCC1)c1cncc(O)c1. The second kappa shape index (κ2) is 4.94. The molecule has 0 saturated carbocycles. The van der Waals surface area contributed by atoms with Crippen molar-refractivity contribution in [1.82, 2.24) is 15.6 Å². The van der Waals surface area contributed by atoms with Crippen LogP contribution in [0.5, 0.6) is 5.75 Å². The van der Waals surface area contributed by atoms with Gasteiger partial charge in [0.05, 0.1) is 11.8 Å². The van der Waals surface area contributed by atoms with Gasteiger partial charge in [-0.3, -0.25) is 9.78 Å². The highest BCUT2D eigenvalue weighted by Gasteiger charge is 2.16. The van der Waals surface area contributed by atoms with Crippen molar-refractivity contribution in [3.05, 3.63) is 24.0 Å². The maximum atomic E-state index is 11.8. The van der Waals surface area contributed by atoms with Gasteiger partial charge in [-0.2, -0.15) is 0 Å². The molecule has 0 aliphatic carbocycles. The number of nitrogens with one attached hydrogen (secondary N) is 2. The summed E-state index contributed by atoms with van der Waals surface area (Å²) in [6.45, 7) is 1.87. The molecular formula is C11H15N3O2. The van der Waals surface area contributed by atoms with Crippen molar-refractivity contribution in [2.24, 2.45) is 0 Å². The van der Waals surface area contributed by atoms with E-state index in [1.807, 2.05) is 0 Å². The van der Waals surface area contributed by atoms with Crippen molar-refractivity contribution in [3.8, 4) is 5.75 Å². The topological polar surface area (TPSA) is 74.2 Å². The van der Waals surface area contributed by atoms with E-state index in [9.17, 15) is 9.90 Å². The molecule has 0 bridgehead atoms. The van der Waals surface area contributed by atoms with Crippen LogP contribution in [-0.2, 0) is 0 Å². The van der Waals surface area contributed by atoms with Crippen LogP contribution in [0, 0.1) is 0 Å². The number of aromatic hydroxyl groups is 1. The van der Waals surface area contributed by atoms with Gasteiger partial charge in [-0.25, -0.2) is 0 Å². The molecule has 5 nitrogen and oxygen atoms in total. The average Bonchev–Trinajstić information content (AvgIpc) is 2.30. The number of nitrogens with zero attached hydrogens (tertiary/aromatic N) is 1. The standard InChI is InChI=1S/C11H15N3O2/c15-10-5-8(6-13-7-10)11(16)14-9-1-3-12-4-2-9/h5-7,9,12,15H,1-4H2,(H,14,16). The average molecular weight is 221 g/mol. The van der Waals surface area contributed by atoms with Gasteiger partial charge in [-0.15, -0.1) is 0 Å². The van der Waals surface area contributed by atoms with Crippen LogP contribution >= 0.6 is 0 Å². The number of rotatable bonds is 2. The molecule has 16 heavy (non-hydrogen) atoms. The smallest absolute Gasteiger partial charge is 0.253 e. The predicted molar refractivity (Wildman–Crippen MR) is 59.3 cm³/mol. The Morgan fingerprint density at radius 3 is 2.88 bits per heavy atom. The molecular weight excluding hydrogens is 206 g/mol. The van der Waals surface area contributed by atoms with Gasteiger partial charge in [-0.1, -0.05) is 0 Å². The third-order valence-electron chi connectivity index (χ3n) is 2.66. The fraction of sp³-hybridized carbons (Fsp3) is 0.455. The molecule has 0 spiro atoms. The largest absolute Gasteiger partial charge is 0.506 e. The van der Waals surface area contributed by atoms with Gasteiger partial charge >= 0.3 is 0 Å². The molecule has 2 rings (SSSR count). The van der Waals surface area contributed by atoms with Crippen LogP contribution in [0.1, 0.15) is 23.2 Å². The Labute approximate surface area is 93.9 Å². The summed E-state index contributed by atoms with van der Waals surface area (Å²) in [5.74, 6) is -0.159. The maximum Gasteiger partial charge on any atom is 0.253 e. The van der Waals surface area contributed by atoms with Crippen LogP contribution in [-0.4, -0.2) is 35.1 Å². The lowest BCUT2D eigenvalue weighted by atomic mass is 10.1. The van der Waals surface area contributed by atoms with Crippen LogP contribution in [0.4, 0.5) is 0 Å². The van der Waals surface area contributed by atoms with Crippen LogP contribution < -0.4 is 10.6 Å².